The molecule has 1 amide bonds. The Hall–Kier alpha value is -2.62. The molecule has 0 aromatic heterocycles. The lowest BCUT2D eigenvalue weighted by molar-refractivity contribution is -0.119. The van der Waals surface area contributed by atoms with Crippen molar-refractivity contribution in [2.45, 2.75) is 30.7 Å². The van der Waals surface area contributed by atoms with Crippen LogP contribution in [0.2, 0.25) is 0 Å². The van der Waals surface area contributed by atoms with Gasteiger partial charge in [0.05, 0.1) is 18.6 Å². The number of anilines is 1. The number of ether oxygens (including phenoxy) is 3. The van der Waals surface area contributed by atoms with Crippen molar-refractivity contribution >= 4 is 21.6 Å². The lowest BCUT2D eigenvalue weighted by atomic mass is 10.2. The average molecular weight is 449 g/mol. The minimum absolute atomic E-state index is 0.191. The summed E-state index contributed by atoms with van der Waals surface area (Å²) in [5.74, 6) is 0.618. The number of carbonyl (C=O) groups excluding carboxylic acids is 1. The maximum atomic E-state index is 13.1. The first-order valence-electron chi connectivity index (χ1n) is 10.1. The van der Waals surface area contributed by atoms with Crippen LogP contribution in [0.15, 0.2) is 47.4 Å². The Morgan fingerprint density at radius 2 is 1.84 bits per heavy atom. The molecule has 2 aromatic carbocycles. The number of sulfonamides is 1. The van der Waals surface area contributed by atoms with Gasteiger partial charge in [-0.05, 0) is 44.0 Å². The maximum Gasteiger partial charge on any atom is 0.243 e. The first-order valence-corrected chi connectivity index (χ1v) is 11.5. The third kappa shape index (κ3) is 5.36. The Morgan fingerprint density at radius 3 is 2.52 bits per heavy atom. The molecule has 0 aliphatic carbocycles. The normalized spacial score (nSPS) is 16.8. The van der Waals surface area contributed by atoms with Gasteiger partial charge in [-0.2, -0.15) is 4.31 Å². The van der Waals surface area contributed by atoms with E-state index in [0.29, 0.717) is 49.8 Å². The van der Waals surface area contributed by atoms with Crippen LogP contribution in [-0.2, 0) is 19.6 Å². The zero-order valence-electron chi connectivity index (χ0n) is 18.0. The summed E-state index contributed by atoms with van der Waals surface area (Å²) in [4.78, 5) is 13.2. The largest absolute Gasteiger partial charge is 0.493 e. The molecule has 8 nitrogen and oxygen atoms in total. The molecule has 1 saturated heterocycles. The number of nitrogens with zero attached hydrogens (tertiary/aromatic N) is 1. The molecule has 1 fully saturated rings. The van der Waals surface area contributed by atoms with E-state index in [2.05, 4.69) is 5.32 Å². The molecular weight excluding hydrogens is 420 g/mol. The fourth-order valence-corrected chi connectivity index (χ4v) is 5.12. The minimum atomic E-state index is -3.76. The van der Waals surface area contributed by atoms with Crippen LogP contribution in [0.4, 0.5) is 5.69 Å². The standard InChI is InChI=1S/C22H28N2O6S/c1-16-6-9-18(10-7-16)31(26,27)24-12-4-5-19(24)22(25)23-17-8-11-20(29-3)21(15-17)30-14-13-28-2/h6-11,15,19H,4-5,12-14H2,1-3H3,(H,23,25)/t19-/m0/s1. The van der Waals surface area contributed by atoms with Gasteiger partial charge in [-0.25, -0.2) is 8.42 Å². The van der Waals surface area contributed by atoms with Gasteiger partial charge < -0.3 is 19.5 Å². The number of carbonyl (C=O) groups is 1. The summed E-state index contributed by atoms with van der Waals surface area (Å²) >= 11 is 0. The number of hydrogen-bond donors (Lipinski definition) is 1. The molecule has 0 unspecified atom stereocenters. The molecular formula is C22H28N2O6S. The van der Waals surface area contributed by atoms with Crippen molar-refractivity contribution in [3.8, 4) is 11.5 Å². The number of nitrogens with one attached hydrogen (secondary N) is 1. The molecule has 0 saturated carbocycles. The fourth-order valence-electron chi connectivity index (χ4n) is 3.46. The van der Waals surface area contributed by atoms with Gasteiger partial charge in [0.25, 0.3) is 0 Å². The minimum Gasteiger partial charge on any atom is -0.493 e. The quantitative estimate of drug-likeness (QED) is 0.593. The van der Waals surface area contributed by atoms with E-state index in [-0.39, 0.29) is 10.8 Å². The van der Waals surface area contributed by atoms with Gasteiger partial charge in [0.2, 0.25) is 15.9 Å². The van der Waals surface area contributed by atoms with E-state index in [1.165, 1.54) is 11.4 Å². The highest BCUT2D eigenvalue weighted by Crippen LogP contribution is 2.31. The fraction of sp³-hybridized carbons (Fsp3) is 0.409. The van der Waals surface area contributed by atoms with Crippen molar-refractivity contribution in [2.75, 3.05) is 39.3 Å². The van der Waals surface area contributed by atoms with Crippen LogP contribution in [0.5, 0.6) is 11.5 Å². The molecule has 1 atom stereocenters. The summed E-state index contributed by atoms with van der Waals surface area (Å²) in [6, 6.07) is 10.9. The SMILES string of the molecule is COCCOc1cc(NC(=O)[C@@H]2CCCN2S(=O)(=O)c2ccc(C)cc2)ccc1OC. The second-order valence-corrected chi connectivity index (χ2v) is 9.17. The number of hydrogen-bond acceptors (Lipinski definition) is 6. The molecule has 9 heteroatoms. The van der Waals surface area contributed by atoms with Gasteiger partial charge in [-0.1, -0.05) is 17.7 Å². The Bertz CT molecular complexity index is 1010. The van der Waals surface area contributed by atoms with Crippen LogP contribution in [0.3, 0.4) is 0 Å². The van der Waals surface area contributed by atoms with E-state index in [4.69, 9.17) is 14.2 Å². The number of benzene rings is 2. The summed E-state index contributed by atoms with van der Waals surface area (Å²) in [7, 11) is -0.652. The van der Waals surface area contributed by atoms with Crippen molar-refractivity contribution in [3.05, 3.63) is 48.0 Å². The van der Waals surface area contributed by atoms with Gasteiger partial charge in [0.15, 0.2) is 11.5 Å². The third-order valence-corrected chi connectivity index (χ3v) is 7.03. The van der Waals surface area contributed by atoms with E-state index in [9.17, 15) is 13.2 Å². The third-order valence-electron chi connectivity index (χ3n) is 5.11. The monoisotopic (exact) mass is 448 g/mol. The average Bonchev–Trinajstić information content (AvgIpc) is 3.26. The molecule has 3 rings (SSSR count). The Balaban J connectivity index is 1.76. The summed E-state index contributed by atoms with van der Waals surface area (Å²) in [5, 5.41) is 2.82. The van der Waals surface area contributed by atoms with Gasteiger partial charge in [0.1, 0.15) is 12.6 Å². The van der Waals surface area contributed by atoms with E-state index in [0.717, 1.165) is 5.56 Å². The Kier molecular flexibility index (Phi) is 7.53. The predicted octanol–water partition coefficient (Wildman–Crippen LogP) is 2.82. The molecule has 1 N–H and O–H groups in total. The van der Waals surface area contributed by atoms with E-state index < -0.39 is 16.1 Å². The van der Waals surface area contributed by atoms with Gasteiger partial charge in [-0.3, -0.25) is 4.79 Å². The molecule has 1 heterocycles. The number of amides is 1. The smallest absolute Gasteiger partial charge is 0.243 e. The lowest BCUT2D eigenvalue weighted by Crippen LogP contribution is -2.43. The van der Waals surface area contributed by atoms with Crippen molar-refractivity contribution in [2.24, 2.45) is 0 Å². The van der Waals surface area contributed by atoms with E-state index in [1.54, 1.807) is 49.6 Å². The van der Waals surface area contributed by atoms with E-state index in [1.807, 2.05) is 6.92 Å². The second kappa shape index (κ2) is 10.1. The molecule has 0 radical (unpaired) electrons. The zero-order valence-corrected chi connectivity index (χ0v) is 18.8. The number of methoxy groups -OCH3 is 2. The molecule has 31 heavy (non-hydrogen) atoms. The molecule has 0 spiro atoms. The maximum absolute atomic E-state index is 13.1. The summed E-state index contributed by atoms with van der Waals surface area (Å²) in [6.45, 7) is 2.94. The first-order chi connectivity index (χ1) is 14.9. The lowest BCUT2D eigenvalue weighted by Gasteiger charge is -2.23. The zero-order chi connectivity index (χ0) is 22.4. The van der Waals surface area contributed by atoms with Crippen LogP contribution in [0.25, 0.3) is 0 Å². The van der Waals surface area contributed by atoms with Crippen molar-refractivity contribution in [3.63, 3.8) is 0 Å². The van der Waals surface area contributed by atoms with Gasteiger partial charge in [0, 0.05) is 25.4 Å². The van der Waals surface area contributed by atoms with Crippen LogP contribution in [0, 0.1) is 6.92 Å². The molecule has 1 aliphatic rings. The van der Waals surface area contributed by atoms with Crippen molar-refractivity contribution in [1.82, 2.24) is 4.31 Å². The highest BCUT2D eigenvalue weighted by atomic mass is 32.2. The van der Waals surface area contributed by atoms with Gasteiger partial charge >= 0.3 is 0 Å². The summed E-state index contributed by atoms with van der Waals surface area (Å²) in [6.07, 6.45) is 1.08. The number of rotatable bonds is 9. The predicted molar refractivity (Wildman–Crippen MR) is 117 cm³/mol. The highest BCUT2D eigenvalue weighted by molar-refractivity contribution is 7.89. The van der Waals surface area contributed by atoms with Gasteiger partial charge in [-0.15, -0.1) is 0 Å². The Labute approximate surface area is 183 Å². The summed E-state index contributed by atoms with van der Waals surface area (Å²) < 4.78 is 43.4. The van der Waals surface area contributed by atoms with Crippen LogP contribution in [0.1, 0.15) is 18.4 Å². The highest BCUT2D eigenvalue weighted by Gasteiger charge is 2.39. The first kappa shape index (κ1) is 23.1. The van der Waals surface area contributed by atoms with Crippen LogP contribution < -0.4 is 14.8 Å². The molecule has 2 aromatic rings. The second-order valence-electron chi connectivity index (χ2n) is 7.28. The van der Waals surface area contributed by atoms with Crippen molar-refractivity contribution in [1.29, 1.82) is 0 Å². The van der Waals surface area contributed by atoms with E-state index >= 15 is 0 Å². The van der Waals surface area contributed by atoms with Crippen LogP contribution in [-0.4, -0.2) is 58.7 Å². The topological polar surface area (TPSA) is 94.2 Å². The molecule has 0 bridgehead atoms. The summed E-state index contributed by atoms with van der Waals surface area (Å²) in [5.41, 5.74) is 1.47. The number of aryl methyl sites for hydroxylation is 1. The molecule has 168 valence electrons. The molecule has 1 aliphatic heterocycles. The van der Waals surface area contributed by atoms with Crippen LogP contribution >= 0.6 is 0 Å². The Morgan fingerprint density at radius 1 is 1.10 bits per heavy atom. The van der Waals surface area contributed by atoms with Crippen molar-refractivity contribution < 1.29 is 27.4 Å².